The number of piperidine rings is 1. The lowest BCUT2D eigenvalue weighted by Crippen LogP contribution is -2.39. The quantitative estimate of drug-likeness (QED) is 0.698. The van der Waals surface area contributed by atoms with E-state index in [0.717, 1.165) is 24.6 Å². The fourth-order valence-corrected chi connectivity index (χ4v) is 3.10. The summed E-state index contributed by atoms with van der Waals surface area (Å²) in [5.74, 6) is 0.394. The molecular formula is C17H16F2N6O2. The number of halogens is 2. The second-order valence-corrected chi connectivity index (χ2v) is 6.25. The number of pyridine rings is 1. The predicted octanol–water partition coefficient (Wildman–Crippen LogP) is 2.74. The molecule has 1 saturated heterocycles. The van der Waals surface area contributed by atoms with Gasteiger partial charge in [-0.2, -0.15) is 18.9 Å². The molecule has 3 aromatic heterocycles. The highest BCUT2D eigenvalue weighted by molar-refractivity contribution is 5.92. The standard InChI is InChI=1S/C17H16F2N6O2/c18-17(19)25-8-5-13(22-25)16(26)24-7-2-4-12(10-24)15-21-14(23-27-15)11-3-1-6-20-9-11/h1,3,5-6,8-9,12,17H,2,4,7,10H2/t12-/m1/s1. The van der Waals surface area contributed by atoms with Gasteiger partial charge in [-0.3, -0.25) is 9.78 Å². The minimum Gasteiger partial charge on any atom is -0.339 e. The molecule has 10 heteroatoms. The smallest absolute Gasteiger partial charge is 0.333 e. The first-order chi connectivity index (χ1) is 13.1. The Kier molecular flexibility index (Phi) is 4.61. The maximum Gasteiger partial charge on any atom is 0.333 e. The van der Waals surface area contributed by atoms with Crippen molar-refractivity contribution in [1.29, 1.82) is 0 Å². The Morgan fingerprint density at radius 3 is 2.96 bits per heavy atom. The number of nitrogens with zero attached hydrogens (tertiary/aromatic N) is 6. The molecule has 27 heavy (non-hydrogen) atoms. The molecule has 0 bridgehead atoms. The SMILES string of the molecule is O=C(c1ccn(C(F)F)n1)N1CCC[C@@H](c2nc(-c3cccnc3)no2)C1. The van der Waals surface area contributed by atoms with E-state index in [1.807, 2.05) is 6.07 Å². The zero-order chi connectivity index (χ0) is 18.8. The van der Waals surface area contributed by atoms with Gasteiger partial charge in [0.25, 0.3) is 5.91 Å². The summed E-state index contributed by atoms with van der Waals surface area (Å²) in [5, 5.41) is 7.63. The molecule has 4 rings (SSSR count). The van der Waals surface area contributed by atoms with Gasteiger partial charge in [0, 0.05) is 37.2 Å². The van der Waals surface area contributed by atoms with Crippen LogP contribution in [0.4, 0.5) is 8.78 Å². The summed E-state index contributed by atoms with van der Waals surface area (Å²) in [4.78, 5) is 22.6. The van der Waals surface area contributed by atoms with Crippen molar-refractivity contribution in [3.8, 4) is 11.4 Å². The summed E-state index contributed by atoms with van der Waals surface area (Å²) in [7, 11) is 0. The molecule has 0 aliphatic carbocycles. The molecule has 0 spiro atoms. The summed E-state index contributed by atoms with van der Waals surface area (Å²) in [5.41, 5.74) is 0.742. The number of carbonyl (C=O) groups excluding carboxylic acids is 1. The summed E-state index contributed by atoms with van der Waals surface area (Å²) in [6.45, 7) is -1.87. The Hall–Kier alpha value is -3.17. The van der Waals surface area contributed by atoms with E-state index < -0.39 is 6.55 Å². The lowest BCUT2D eigenvalue weighted by Gasteiger charge is -2.30. The van der Waals surface area contributed by atoms with Crippen molar-refractivity contribution in [3.05, 3.63) is 48.4 Å². The van der Waals surface area contributed by atoms with Gasteiger partial charge in [0.05, 0.1) is 5.92 Å². The van der Waals surface area contributed by atoms with Crippen LogP contribution in [0, 0.1) is 0 Å². The van der Waals surface area contributed by atoms with E-state index in [-0.39, 0.29) is 17.5 Å². The molecule has 1 atom stereocenters. The molecule has 1 aliphatic rings. The van der Waals surface area contributed by atoms with Crippen molar-refractivity contribution in [2.24, 2.45) is 0 Å². The molecule has 0 saturated carbocycles. The van der Waals surface area contributed by atoms with Gasteiger partial charge in [0.2, 0.25) is 11.7 Å². The van der Waals surface area contributed by atoms with Gasteiger partial charge >= 0.3 is 6.55 Å². The first-order valence-corrected chi connectivity index (χ1v) is 8.48. The van der Waals surface area contributed by atoms with Gasteiger partial charge in [-0.25, -0.2) is 4.68 Å². The van der Waals surface area contributed by atoms with Crippen LogP contribution in [0.2, 0.25) is 0 Å². The third-order valence-electron chi connectivity index (χ3n) is 4.45. The average molecular weight is 374 g/mol. The predicted molar refractivity (Wildman–Crippen MR) is 88.9 cm³/mol. The van der Waals surface area contributed by atoms with Crippen molar-refractivity contribution in [2.45, 2.75) is 25.3 Å². The molecule has 1 aliphatic heterocycles. The summed E-state index contributed by atoms with van der Waals surface area (Å²) >= 11 is 0. The molecule has 140 valence electrons. The first kappa shape index (κ1) is 17.3. The highest BCUT2D eigenvalue weighted by Crippen LogP contribution is 2.28. The van der Waals surface area contributed by atoms with Crippen LogP contribution in [0.3, 0.4) is 0 Å². The number of likely N-dealkylation sites (tertiary alicyclic amines) is 1. The fraction of sp³-hybridized carbons (Fsp3) is 0.353. The normalized spacial score (nSPS) is 17.4. The summed E-state index contributed by atoms with van der Waals surface area (Å²) < 4.78 is 31.2. The Morgan fingerprint density at radius 2 is 2.22 bits per heavy atom. The second kappa shape index (κ2) is 7.22. The molecule has 0 aromatic carbocycles. The van der Waals surface area contributed by atoms with Gasteiger partial charge in [-0.1, -0.05) is 5.16 Å². The zero-order valence-corrected chi connectivity index (χ0v) is 14.2. The number of hydrogen-bond donors (Lipinski definition) is 0. The fourth-order valence-electron chi connectivity index (χ4n) is 3.10. The van der Waals surface area contributed by atoms with E-state index in [1.54, 1.807) is 23.4 Å². The van der Waals surface area contributed by atoms with Gasteiger partial charge in [0.1, 0.15) is 0 Å². The Labute approximate surface area is 152 Å². The van der Waals surface area contributed by atoms with E-state index in [2.05, 4.69) is 20.2 Å². The maximum absolute atomic E-state index is 12.7. The highest BCUT2D eigenvalue weighted by Gasteiger charge is 2.30. The van der Waals surface area contributed by atoms with Gasteiger partial charge in [0.15, 0.2) is 5.69 Å². The molecule has 0 radical (unpaired) electrons. The van der Waals surface area contributed by atoms with E-state index in [0.29, 0.717) is 29.5 Å². The molecule has 3 aromatic rings. The van der Waals surface area contributed by atoms with Crippen LogP contribution in [0.25, 0.3) is 11.4 Å². The molecule has 0 N–H and O–H groups in total. The maximum atomic E-state index is 12.7. The molecule has 1 fully saturated rings. The number of alkyl halides is 2. The van der Waals surface area contributed by atoms with Crippen LogP contribution in [-0.4, -0.2) is 48.8 Å². The van der Waals surface area contributed by atoms with Crippen molar-refractivity contribution >= 4 is 5.91 Å². The van der Waals surface area contributed by atoms with Crippen LogP contribution < -0.4 is 0 Å². The van der Waals surface area contributed by atoms with E-state index in [1.165, 1.54) is 6.07 Å². The van der Waals surface area contributed by atoms with E-state index >= 15 is 0 Å². The van der Waals surface area contributed by atoms with Crippen molar-refractivity contribution in [2.75, 3.05) is 13.1 Å². The molecule has 0 unspecified atom stereocenters. The third-order valence-corrected chi connectivity index (χ3v) is 4.45. The minimum atomic E-state index is -2.77. The van der Waals surface area contributed by atoms with Crippen molar-refractivity contribution in [3.63, 3.8) is 0 Å². The van der Waals surface area contributed by atoms with Crippen LogP contribution in [0.5, 0.6) is 0 Å². The van der Waals surface area contributed by atoms with Gasteiger partial charge in [-0.05, 0) is 31.0 Å². The van der Waals surface area contributed by atoms with Crippen LogP contribution in [-0.2, 0) is 0 Å². The average Bonchev–Trinajstić information content (AvgIpc) is 3.38. The molecule has 8 nitrogen and oxygen atoms in total. The molecular weight excluding hydrogens is 358 g/mol. The first-order valence-electron chi connectivity index (χ1n) is 8.48. The third kappa shape index (κ3) is 3.55. The zero-order valence-electron chi connectivity index (χ0n) is 14.2. The summed E-state index contributed by atoms with van der Waals surface area (Å²) in [6, 6.07) is 4.91. The highest BCUT2D eigenvalue weighted by atomic mass is 19.3. The van der Waals surface area contributed by atoms with Crippen LogP contribution >= 0.6 is 0 Å². The second-order valence-electron chi connectivity index (χ2n) is 6.25. The number of hydrogen-bond acceptors (Lipinski definition) is 6. The largest absolute Gasteiger partial charge is 0.339 e. The van der Waals surface area contributed by atoms with Crippen LogP contribution in [0.1, 0.15) is 41.7 Å². The lowest BCUT2D eigenvalue weighted by molar-refractivity contribution is 0.0545. The van der Waals surface area contributed by atoms with Gasteiger partial charge in [-0.15, -0.1) is 0 Å². The van der Waals surface area contributed by atoms with Crippen LogP contribution in [0.15, 0.2) is 41.3 Å². The monoisotopic (exact) mass is 374 g/mol. The van der Waals surface area contributed by atoms with Crippen molar-refractivity contribution in [1.82, 2.24) is 29.8 Å². The number of carbonyl (C=O) groups is 1. The topological polar surface area (TPSA) is 89.9 Å². The lowest BCUT2D eigenvalue weighted by atomic mass is 9.97. The molecule has 4 heterocycles. The number of aromatic nitrogens is 5. The molecule has 1 amide bonds. The summed E-state index contributed by atoms with van der Waals surface area (Å²) in [6.07, 6.45) is 5.94. The Morgan fingerprint density at radius 1 is 1.33 bits per heavy atom. The Balaban J connectivity index is 1.48. The Bertz CT molecular complexity index is 926. The van der Waals surface area contributed by atoms with E-state index in [9.17, 15) is 13.6 Å². The minimum absolute atomic E-state index is 0.00229. The van der Waals surface area contributed by atoms with Crippen molar-refractivity contribution < 1.29 is 18.1 Å². The number of rotatable bonds is 4. The van der Waals surface area contributed by atoms with E-state index in [4.69, 9.17) is 4.52 Å². The van der Waals surface area contributed by atoms with Gasteiger partial charge < -0.3 is 9.42 Å². The number of amides is 1.